The molecule has 0 radical (unpaired) electrons. The van der Waals surface area contributed by atoms with Gasteiger partial charge in [0, 0.05) is 0 Å². The van der Waals surface area contributed by atoms with E-state index in [0.29, 0.717) is 11.1 Å². The van der Waals surface area contributed by atoms with Gasteiger partial charge in [0.2, 0.25) is 0 Å². The maximum absolute atomic E-state index is 12.6. The summed E-state index contributed by atoms with van der Waals surface area (Å²) in [4.78, 5) is 0. The van der Waals surface area contributed by atoms with Gasteiger partial charge < -0.3 is 0 Å². The topological polar surface area (TPSA) is 18.5 Å². The Bertz CT molecular complexity index is 692. The molecule has 2 aromatic rings. The van der Waals surface area contributed by atoms with Crippen LogP contribution in [0.15, 0.2) is 36.4 Å². The molecule has 0 aromatic heterocycles. The van der Waals surface area contributed by atoms with Gasteiger partial charge in [0.05, 0.1) is 0 Å². The second kappa shape index (κ2) is 7.40. The van der Waals surface area contributed by atoms with Gasteiger partial charge in [-0.15, -0.1) is 0 Å². The molecule has 0 heterocycles. The molecule has 0 fully saturated rings. The normalized spacial score (nSPS) is 12.0. The van der Waals surface area contributed by atoms with Gasteiger partial charge >= 0.3 is 152 Å². The van der Waals surface area contributed by atoms with Crippen LogP contribution in [-0.2, 0) is 36.5 Å². The molecule has 0 aliphatic carbocycles. The van der Waals surface area contributed by atoms with Crippen LogP contribution in [0.5, 0.6) is 11.5 Å². The number of alkyl halides is 6. The molecule has 0 atom stereocenters. The van der Waals surface area contributed by atoms with Crippen molar-refractivity contribution in [1.82, 2.24) is 0 Å². The molecular formula is C16H12F6O2Zr. The third-order valence-corrected chi connectivity index (χ3v) is 4.80. The van der Waals surface area contributed by atoms with Crippen LogP contribution >= 0.6 is 0 Å². The number of halogens is 6. The summed E-state index contributed by atoms with van der Waals surface area (Å²) in [6.07, 6.45) is -8.87. The molecule has 0 N–H and O–H groups in total. The Hall–Kier alpha value is -1.50. The van der Waals surface area contributed by atoms with Crippen LogP contribution in [0.2, 0.25) is 0 Å². The first-order valence-corrected chi connectivity index (χ1v) is 8.93. The van der Waals surface area contributed by atoms with Crippen molar-refractivity contribution in [1.29, 1.82) is 0 Å². The molecule has 0 spiro atoms. The van der Waals surface area contributed by atoms with Crippen LogP contribution in [0, 0.1) is 13.8 Å². The third kappa shape index (κ3) is 5.24. The fraction of sp³-hybridized carbons (Fsp3) is 0.250. The van der Waals surface area contributed by atoms with Crippen LogP contribution in [-0.4, -0.2) is 0 Å². The number of aryl methyl sites for hydroxylation is 2. The Kier molecular flexibility index (Phi) is 5.87. The SMILES string of the molecule is Cc1cc(C(F)(F)F)ccc1[O][Zr][O]c1ccc(C(F)(F)F)cc1C. The Morgan fingerprint density at radius 2 is 1.04 bits per heavy atom. The molecule has 0 aliphatic heterocycles. The summed E-state index contributed by atoms with van der Waals surface area (Å²) in [5, 5.41) is 0. The minimum atomic E-state index is -4.43. The van der Waals surface area contributed by atoms with Crippen LogP contribution in [0.25, 0.3) is 0 Å². The van der Waals surface area contributed by atoms with Crippen molar-refractivity contribution in [2.45, 2.75) is 26.2 Å². The summed E-state index contributed by atoms with van der Waals surface area (Å²) in [6.45, 7) is 2.96. The van der Waals surface area contributed by atoms with Crippen LogP contribution in [0.3, 0.4) is 0 Å². The Labute approximate surface area is 152 Å². The van der Waals surface area contributed by atoms with Crippen molar-refractivity contribution in [2.75, 3.05) is 0 Å². The molecule has 0 bridgehead atoms. The zero-order chi connectivity index (χ0) is 18.8. The Balaban J connectivity index is 2.02. The molecule has 0 aliphatic rings. The molecule has 0 saturated heterocycles. The fourth-order valence-corrected chi connectivity index (χ4v) is 3.66. The summed E-state index contributed by atoms with van der Waals surface area (Å²) < 4.78 is 86.4. The van der Waals surface area contributed by atoms with E-state index in [1.54, 1.807) is 0 Å². The standard InChI is InChI=1S/2C8H7F3O.Zr/c2*1-5-4-6(8(9,10)11)2-3-7(5)12;/h2*2-4,12H,1H3;/q;;+2/p-2. The molecule has 2 aromatic carbocycles. The predicted molar refractivity (Wildman–Crippen MR) is 73.6 cm³/mol. The number of hydrogen-bond acceptors (Lipinski definition) is 2. The van der Waals surface area contributed by atoms with Crippen molar-refractivity contribution in [3.05, 3.63) is 58.7 Å². The van der Waals surface area contributed by atoms with E-state index in [-0.39, 0.29) is 11.5 Å². The van der Waals surface area contributed by atoms with Crippen molar-refractivity contribution in [3.63, 3.8) is 0 Å². The molecule has 25 heavy (non-hydrogen) atoms. The summed E-state index contributed by atoms with van der Waals surface area (Å²) in [7, 11) is 0. The monoisotopic (exact) mass is 440 g/mol. The maximum atomic E-state index is 12.6. The summed E-state index contributed by atoms with van der Waals surface area (Å²) in [5.41, 5.74) is -0.934. The second-order valence-corrected chi connectivity index (χ2v) is 6.66. The fourth-order valence-electron chi connectivity index (χ4n) is 1.99. The number of benzene rings is 2. The summed E-state index contributed by atoms with van der Waals surface area (Å²) >= 11 is -1.98. The van der Waals surface area contributed by atoms with Gasteiger partial charge in [-0.05, 0) is 0 Å². The molecular weight excluding hydrogens is 429 g/mol. The first-order valence-electron chi connectivity index (χ1n) is 6.93. The summed E-state index contributed by atoms with van der Waals surface area (Å²) in [5.74, 6) is 0.535. The van der Waals surface area contributed by atoms with E-state index in [1.807, 2.05) is 0 Å². The van der Waals surface area contributed by atoms with Gasteiger partial charge in [-0.3, -0.25) is 0 Å². The third-order valence-electron chi connectivity index (χ3n) is 3.31. The average Bonchev–Trinajstić information content (AvgIpc) is 2.48. The number of hydrogen-bond donors (Lipinski definition) is 0. The van der Waals surface area contributed by atoms with Crippen molar-refractivity contribution in [2.24, 2.45) is 0 Å². The second-order valence-electron chi connectivity index (χ2n) is 5.24. The molecule has 9 heteroatoms. The molecule has 0 unspecified atom stereocenters. The summed E-state index contributed by atoms with van der Waals surface area (Å²) in [6, 6.07) is 6.18. The van der Waals surface area contributed by atoms with Gasteiger partial charge in [-0.1, -0.05) is 0 Å². The minimum absolute atomic E-state index is 0.268. The molecule has 0 amide bonds. The first-order chi connectivity index (χ1) is 11.5. The van der Waals surface area contributed by atoms with E-state index in [1.165, 1.54) is 26.0 Å². The molecule has 2 rings (SSSR count). The van der Waals surface area contributed by atoms with E-state index in [4.69, 9.17) is 5.63 Å². The van der Waals surface area contributed by atoms with Crippen molar-refractivity contribution < 1.29 is 56.1 Å². The van der Waals surface area contributed by atoms with Gasteiger partial charge in [0.15, 0.2) is 0 Å². The van der Waals surface area contributed by atoms with Crippen LogP contribution in [0.1, 0.15) is 22.3 Å². The quantitative estimate of drug-likeness (QED) is 0.566. The van der Waals surface area contributed by atoms with Crippen molar-refractivity contribution >= 4 is 0 Å². The van der Waals surface area contributed by atoms with Crippen molar-refractivity contribution in [3.8, 4) is 11.5 Å². The molecule has 134 valence electrons. The van der Waals surface area contributed by atoms with E-state index in [0.717, 1.165) is 24.3 Å². The van der Waals surface area contributed by atoms with Crippen LogP contribution in [0.4, 0.5) is 26.3 Å². The van der Waals surface area contributed by atoms with E-state index >= 15 is 0 Å². The van der Waals surface area contributed by atoms with E-state index < -0.39 is 47.6 Å². The van der Waals surface area contributed by atoms with E-state index in [9.17, 15) is 26.3 Å². The molecule has 0 saturated carbocycles. The zero-order valence-electron chi connectivity index (χ0n) is 13.0. The number of rotatable bonds is 4. The van der Waals surface area contributed by atoms with E-state index in [2.05, 4.69) is 0 Å². The van der Waals surface area contributed by atoms with Gasteiger partial charge in [-0.25, -0.2) is 0 Å². The predicted octanol–water partition coefficient (Wildman–Crippen LogP) is 5.71. The van der Waals surface area contributed by atoms with Crippen LogP contribution < -0.4 is 5.63 Å². The molecule has 2 nitrogen and oxygen atoms in total. The zero-order valence-corrected chi connectivity index (χ0v) is 15.5. The average molecular weight is 441 g/mol. The Morgan fingerprint density at radius 1 is 0.680 bits per heavy atom. The van der Waals surface area contributed by atoms with Gasteiger partial charge in [-0.2, -0.15) is 0 Å². The van der Waals surface area contributed by atoms with Gasteiger partial charge in [0.1, 0.15) is 0 Å². The first kappa shape index (κ1) is 19.8. The van der Waals surface area contributed by atoms with Gasteiger partial charge in [0.25, 0.3) is 0 Å². The Morgan fingerprint density at radius 3 is 1.32 bits per heavy atom.